The molecule has 0 spiro atoms. The average Bonchev–Trinajstić information content (AvgIpc) is 3.35. The van der Waals surface area contributed by atoms with Crippen LogP contribution >= 0.6 is 34.0 Å². The second-order valence-electron chi connectivity index (χ2n) is 5.96. The van der Waals surface area contributed by atoms with Crippen molar-refractivity contribution in [2.45, 2.75) is 25.7 Å². The lowest BCUT2D eigenvalue weighted by atomic mass is 9.97. The van der Waals surface area contributed by atoms with Gasteiger partial charge in [-0.05, 0) is 50.2 Å². The first kappa shape index (κ1) is 16.8. The first-order valence-electron chi connectivity index (χ1n) is 8.20. The van der Waals surface area contributed by atoms with Gasteiger partial charge in [-0.15, -0.1) is 34.0 Å². The van der Waals surface area contributed by atoms with Crippen LogP contribution < -0.4 is 10.6 Å². The molecule has 1 fully saturated rings. The second kappa shape index (κ2) is 7.33. The normalized spacial score (nSPS) is 15.4. The third kappa shape index (κ3) is 3.67. The monoisotopic (exact) mass is 390 g/mol. The Morgan fingerprint density at radius 2 is 2.16 bits per heavy atom. The summed E-state index contributed by atoms with van der Waals surface area (Å²) in [6.45, 7) is 3.98. The Kier molecular flexibility index (Phi) is 4.93. The number of hydrogen-bond donors (Lipinski definition) is 2. The predicted molar refractivity (Wildman–Crippen MR) is 105 cm³/mol. The van der Waals surface area contributed by atoms with Crippen molar-refractivity contribution in [3.8, 4) is 9.88 Å². The highest BCUT2D eigenvalue weighted by Crippen LogP contribution is 2.34. The lowest BCUT2D eigenvalue weighted by Crippen LogP contribution is -2.26. The topological polar surface area (TPSA) is 66.9 Å². The number of amides is 1. The summed E-state index contributed by atoms with van der Waals surface area (Å²) >= 11 is 4.66. The standard InChI is InChI=1S/C17H18N4OS3/c1-10-14(25-16(20-10)12-3-2-8-23-12)15(22)21-17-19-9-13(24-17)11-4-6-18-7-5-11/h2-3,8-9,11,18H,4-7H2,1H3,(H,19,21,22). The van der Waals surface area contributed by atoms with Crippen molar-refractivity contribution in [3.05, 3.63) is 39.2 Å². The molecule has 1 amide bonds. The van der Waals surface area contributed by atoms with Crippen LogP contribution in [-0.4, -0.2) is 29.0 Å². The summed E-state index contributed by atoms with van der Waals surface area (Å²) in [4.78, 5) is 24.6. The number of carbonyl (C=O) groups excluding carboxylic acids is 1. The Balaban J connectivity index is 1.48. The maximum atomic E-state index is 12.6. The number of anilines is 1. The number of carbonyl (C=O) groups is 1. The lowest BCUT2D eigenvalue weighted by Gasteiger charge is -2.20. The van der Waals surface area contributed by atoms with E-state index >= 15 is 0 Å². The zero-order chi connectivity index (χ0) is 17.2. The number of hydrogen-bond acceptors (Lipinski definition) is 7. The van der Waals surface area contributed by atoms with Gasteiger partial charge in [0, 0.05) is 11.1 Å². The van der Waals surface area contributed by atoms with E-state index in [2.05, 4.69) is 20.6 Å². The summed E-state index contributed by atoms with van der Waals surface area (Å²) in [5.74, 6) is 0.434. The molecule has 0 bridgehead atoms. The maximum absolute atomic E-state index is 12.6. The smallest absolute Gasteiger partial charge is 0.269 e. The molecule has 130 valence electrons. The molecule has 25 heavy (non-hydrogen) atoms. The van der Waals surface area contributed by atoms with Gasteiger partial charge in [-0.3, -0.25) is 10.1 Å². The average molecular weight is 391 g/mol. The van der Waals surface area contributed by atoms with Crippen molar-refractivity contribution in [1.29, 1.82) is 0 Å². The lowest BCUT2D eigenvalue weighted by molar-refractivity contribution is 0.103. The molecule has 1 aliphatic rings. The zero-order valence-corrected chi connectivity index (χ0v) is 16.2. The molecule has 0 saturated carbocycles. The van der Waals surface area contributed by atoms with Crippen LogP contribution in [0.4, 0.5) is 5.13 Å². The fourth-order valence-corrected chi connectivity index (χ4v) is 5.64. The van der Waals surface area contributed by atoms with Gasteiger partial charge in [-0.25, -0.2) is 9.97 Å². The summed E-state index contributed by atoms with van der Waals surface area (Å²) < 4.78 is 0. The van der Waals surface area contributed by atoms with Crippen molar-refractivity contribution >= 4 is 45.0 Å². The van der Waals surface area contributed by atoms with Gasteiger partial charge in [0.1, 0.15) is 9.88 Å². The van der Waals surface area contributed by atoms with Crippen LogP contribution in [0.3, 0.4) is 0 Å². The van der Waals surface area contributed by atoms with E-state index in [4.69, 9.17) is 0 Å². The van der Waals surface area contributed by atoms with Crippen molar-refractivity contribution in [3.63, 3.8) is 0 Å². The number of rotatable bonds is 4. The molecule has 5 nitrogen and oxygen atoms in total. The molecule has 0 aromatic carbocycles. The summed E-state index contributed by atoms with van der Waals surface area (Å²) in [6, 6.07) is 4.02. The highest BCUT2D eigenvalue weighted by Gasteiger charge is 2.20. The van der Waals surface area contributed by atoms with Gasteiger partial charge >= 0.3 is 0 Å². The second-order valence-corrected chi connectivity index (χ2v) is 8.97. The molecule has 2 N–H and O–H groups in total. The van der Waals surface area contributed by atoms with Gasteiger partial charge in [0.2, 0.25) is 0 Å². The SMILES string of the molecule is Cc1nc(-c2cccs2)sc1C(=O)Nc1ncc(C2CCNCC2)s1. The molecule has 0 atom stereocenters. The molecule has 0 radical (unpaired) electrons. The Bertz CT molecular complexity index is 862. The highest BCUT2D eigenvalue weighted by atomic mass is 32.1. The number of thiazole rings is 2. The van der Waals surface area contributed by atoms with Gasteiger partial charge < -0.3 is 5.32 Å². The highest BCUT2D eigenvalue weighted by molar-refractivity contribution is 7.22. The third-order valence-corrected chi connectivity index (χ3v) is 7.49. The molecule has 1 aliphatic heterocycles. The predicted octanol–water partition coefficient (Wildman–Crippen LogP) is 4.36. The molecule has 4 heterocycles. The van der Waals surface area contributed by atoms with E-state index in [0.717, 1.165) is 41.5 Å². The van der Waals surface area contributed by atoms with E-state index < -0.39 is 0 Å². The minimum atomic E-state index is -0.121. The molecule has 4 rings (SSSR count). The van der Waals surface area contributed by atoms with E-state index in [-0.39, 0.29) is 5.91 Å². The molecule has 0 unspecified atom stereocenters. The van der Waals surface area contributed by atoms with Crippen molar-refractivity contribution in [1.82, 2.24) is 15.3 Å². The van der Waals surface area contributed by atoms with Crippen LogP contribution in [0.25, 0.3) is 9.88 Å². The number of thiophene rings is 1. The van der Waals surface area contributed by atoms with Crippen molar-refractivity contribution < 1.29 is 4.79 Å². The first-order chi connectivity index (χ1) is 12.2. The quantitative estimate of drug-likeness (QED) is 0.695. The van der Waals surface area contributed by atoms with Gasteiger partial charge in [-0.2, -0.15) is 0 Å². The summed E-state index contributed by atoms with van der Waals surface area (Å²) in [5.41, 5.74) is 0.765. The number of aromatic nitrogens is 2. The van der Waals surface area contributed by atoms with E-state index in [0.29, 0.717) is 15.9 Å². The van der Waals surface area contributed by atoms with Crippen LogP contribution in [0.2, 0.25) is 0 Å². The van der Waals surface area contributed by atoms with E-state index in [1.54, 1.807) is 22.7 Å². The minimum absolute atomic E-state index is 0.121. The minimum Gasteiger partial charge on any atom is -0.317 e. The molecule has 3 aromatic heterocycles. The van der Waals surface area contributed by atoms with Gasteiger partial charge in [0.25, 0.3) is 5.91 Å². The van der Waals surface area contributed by atoms with Crippen LogP contribution in [0, 0.1) is 6.92 Å². The Labute approximate surface area is 158 Å². The van der Waals surface area contributed by atoms with Crippen LogP contribution in [-0.2, 0) is 0 Å². The summed E-state index contributed by atoms with van der Waals surface area (Å²) in [7, 11) is 0. The molecule has 1 saturated heterocycles. The van der Waals surface area contributed by atoms with Gasteiger partial charge in [-0.1, -0.05) is 6.07 Å². The van der Waals surface area contributed by atoms with Gasteiger partial charge in [0.15, 0.2) is 5.13 Å². The number of nitrogens with one attached hydrogen (secondary N) is 2. The van der Waals surface area contributed by atoms with Crippen LogP contribution in [0.5, 0.6) is 0 Å². The fourth-order valence-electron chi connectivity index (χ4n) is 2.91. The number of piperidine rings is 1. The fraction of sp³-hybridized carbons (Fsp3) is 0.353. The molecule has 8 heteroatoms. The van der Waals surface area contributed by atoms with Crippen LogP contribution in [0.1, 0.15) is 39.0 Å². The first-order valence-corrected chi connectivity index (χ1v) is 10.7. The zero-order valence-electron chi connectivity index (χ0n) is 13.7. The molecular formula is C17H18N4OS3. The van der Waals surface area contributed by atoms with Crippen molar-refractivity contribution in [2.24, 2.45) is 0 Å². The number of nitrogens with zero attached hydrogens (tertiary/aromatic N) is 2. The largest absolute Gasteiger partial charge is 0.317 e. The third-order valence-electron chi connectivity index (χ3n) is 4.22. The summed E-state index contributed by atoms with van der Waals surface area (Å²) in [5, 5.41) is 9.90. The van der Waals surface area contributed by atoms with E-state index in [1.807, 2.05) is 30.6 Å². The Hall–Kier alpha value is -1.61. The maximum Gasteiger partial charge on any atom is 0.269 e. The van der Waals surface area contributed by atoms with Gasteiger partial charge in [0.05, 0.1) is 10.6 Å². The molecule has 0 aliphatic carbocycles. The Morgan fingerprint density at radius 3 is 2.92 bits per heavy atom. The van der Waals surface area contributed by atoms with E-state index in [9.17, 15) is 4.79 Å². The Morgan fingerprint density at radius 1 is 1.32 bits per heavy atom. The molecular weight excluding hydrogens is 372 g/mol. The molecule has 3 aromatic rings. The summed E-state index contributed by atoms with van der Waals surface area (Å²) in [6.07, 6.45) is 4.17. The van der Waals surface area contributed by atoms with Crippen molar-refractivity contribution in [2.75, 3.05) is 18.4 Å². The number of aryl methyl sites for hydroxylation is 1. The van der Waals surface area contributed by atoms with Crippen LogP contribution in [0.15, 0.2) is 23.7 Å². The van der Waals surface area contributed by atoms with E-state index in [1.165, 1.54) is 16.2 Å².